The predicted octanol–water partition coefficient (Wildman–Crippen LogP) is 2.73. The number of hydrogen-bond acceptors (Lipinski definition) is 3. The van der Waals surface area contributed by atoms with Gasteiger partial charge in [-0.3, -0.25) is 4.57 Å². The Morgan fingerprint density at radius 2 is 2.29 bits per heavy atom. The van der Waals surface area contributed by atoms with Crippen molar-refractivity contribution in [1.82, 2.24) is 9.55 Å². The van der Waals surface area contributed by atoms with E-state index >= 15 is 0 Å². The van der Waals surface area contributed by atoms with Gasteiger partial charge >= 0.3 is 6.03 Å². The van der Waals surface area contributed by atoms with Crippen molar-refractivity contribution in [3.8, 4) is 5.75 Å². The van der Waals surface area contributed by atoms with Gasteiger partial charge in [0.15, 0.2) is 0 Å². The van der Waals surface area contributed by atoms with E-state index in [1.165, 1.54) is 10.9 Å². The molecular weight excluding hydrogens is 286 g/mol. The lowest BCUT2D eigenvalue weighted by Gasteiger charge is -2.08. The molecule has 0 spiro atoms. The Labute approximate surface area is 107 Å². The lowest BCUT2D eigenvalue weighted by Crippen LogP contribution is -2.17. The van der Waals surface area contributed by atoms with Crippen LogP contribution in [0.1, 0.15) is 0 Å². The molecule has 88 valence electrons. The second-order valence-electron chi connectivity index (χ2n) is 3.28. The molecule has 1 aromatic carbocycles. The quantitative estimate of drug-likeness (QED) is 0.927. The van der Waals surface area contributed by atoms with Crippen molar-refractivity contribution >= 4 is 27.6 Å². The predicted molar refractivity (Wildman–Crippen MR) is 67.3 cm³/mol. The van der Waals surface area contributed by atoms with Crippen LogP contribution in [-0.2, 0) is 0 Å². The van der Waals surface area contributed by atoms with Gasteiger partial charge in [0.1, 0.15) is 12.1 Å². The first-order chi connectivity index (χ1) is 8.19. The molecule has 1 amide bonds. The number of methoxy groups -OCH3 is 1. The summed E-state index contributed by atoms with van der Waals surface area (Å²) in [5, 5.41) is 2.73. The number of rotatable bonds is 2. The third-order valence-corrected chi connectivity index (χ3v) is 2.56. The van der Waals surface area contributed by atoms with Crippen LogP contribution in [0.15, 0.2) is 41.4 Å². The van der Waals surface area contributed by atoms with Crippen molar-refractivity contribution in [2.75, 3.05) is 12.4 Å². The number of aromatic nitrogens is 2. The maximum Gasteiger partial charge on any atom is 0.331 e. The fourth-order valence-electron chi connectivity index (χ4n) is 1.32. The third-order valence-electron chi connectivity index (χ3n) is 2.10. The number of anilines is 1. The summed E-state index contributed by atoms with van der Waals surface area (Å²) in [5.41, 5.74) is 0.648. The van der Waals surface area contributed by atoms with Crippen LogP contribution in [0.25, 0.3) is 0 Å². The monoisotopic (exact) mass is 295 g/mol. The molecule has 1 heterocycles. The Bertz CT molecular complexity index is 526. The molecule has 5 nitrogen and oxygen atoms in total. The zero-order chi connectivity index (χ0) is 12.3. The summed E-state index contributed by atoms with van der Waals surface area (Å²) >= 11 is 3.34. The highest BCUT2D eigenvalue weighted by molar-refractivity contribution is 9.10. The fraction of sp³-hybridized carbons (Fsp3) is 0.0909. The highest BCUT2D eigenvalue weighted by Gasteiger charge is 2.06. The Balaban J connectivity index is 2.18. The van der Waals surface area contributed by atoms with Crippen molar-refractivity contribution < 1.29 is 9.53 Å². The second kappa shape index (κ2) is 5.01. The molecule has 0 atom stereocenters. The Kier molecular flexibility index (Phi) is 3.43. The van der Waals surface area contributed by atoms with E-state index in [2.05, 4.69) is 26.2 Å². The van der Waals surface area contributed by atoms with E-state index in [0.717, 1.165) is 4.47 Å². The number of amides is 1. The third kappa shape index (κ3) is 2.85. The topological polar surface area (TPSA) is 56.1 Å². The number of carbonyl (C=O) groups is 1. The van der Waals surface area contributed by atoms with Crippen molar-refractivity contribution in [2.45, 2.75) is 0 Å². The molecule has 1 aromatic heterocycles. The maximum absolute atomic E-state index is 11.7. The van der Waals surface area contributed by atoms with Crippen LogP contribution >= 0.6 is 15.9 Å². The molecule has 0 fully saturated rings. The molecule has 0 aliphatic rings. The van der Waals surface area contributed by atoms with Crippen LogP contribution < -0.4 is 10.1 Å². The van der Waals surface area contributed by atoms with Gasteiger partial charge in [0, 0.05) is 28.6 Å². The SMILES string of the molecule is COc1cc(Br)cc(NC(=O)n2ccnc2)c1. The molecule has 2 rings (SSSR count). The van der Waals surface area contributed by atoms with E-state index in [9.17, 15) is 4.79 Å². The molecule has 0 saturated heterocycles. The van der Waals surface area contributed by atoms with Gasteiger partial charge in [0.25, 0.3) is 0 Å². The summed E-state index contributed by atoms with van der Waals surface area (Å²) in [6, 6.07) is 5.06. The molecular formula is C11H10BrN3O2. The summed E-state index contributed by atoms with van der Waals surface area (Å²) in [6.45, 7) is 0. The van der Waals surface area contributed by atoms with Gasteiger partial charge in [0.2, 0.25) is 0 Å². The Morgan fingerprint density at radius 1 is 1.47 bits per heavy atom. The first kappa shape index (κ1) is 11.7. The zero-order valence-electron chi connectivity index (χ0n) is 9.05. The first-order valence-corrected chi connectivity index (χ1v) is 5.62. The van der Waals surface area contributed by atoms with E-state index in [1.807, 2.05) is 6.07 Å². The minimum atomic E-state index is -0.275. The highest BCUT2D eigenvalue weighted by atomic mass is 79.9. The number of nitrogens with zero attached hydrogens (tertiary/aromatic N) is 2. The summed E-state index contributed by atoms with van der Waals surface area (Å²) in [5.74, 6) is 0.667. The van der Waals surface area contributed by atoms with Crippen LogP contribution in [0.2, 0.25) is 0 Å². The van der Waals surface area contributed by atoms with E-state index in [0.29, 0.717) is 11.4 Å². The van der Waals surface area contributed by atoms with Crippen LogP contribution in [-0.4, -0.2) is 22.7 Å². The molecule has 1 N–H and O–H groups in total. The fourth-order valence-corrected chi connectivity index (χ4v) is 1.79. The van der Waals surface area contributed by atoms with Gasteiger partial charge in [-0.15, -0.1) is 0 Å². The van der Waals surface area contributed by atoms with Crippen LogP contribution in [0.3, 0.4) is 0 Å². The largest absolute Gasteiger partial charge is 0.497 e. The van der Waals surface area contributed by atoms with Crippen molar-refractivity contribution in [1.29, 1.82) is 0 Å². The summed E-state index contributed by atoms with van der Waals surface area (Å²) in [4.78, 5) is 15.5. The van der Waals surface area contributed by atoms with E-state index in [1.54, 1.807) is 31.6 Å². The lowest BCUT2D eigenvalue weighted by molar-refractivity contribution is 0.253. The second-order valence-corrected chi connectivity index (χ2v) is 4.20. The molecule has 2 aromatic rings. The molecule has 0 aliphatic heterocycles. The van der Waals surface area contributed by atoms with Gasteiger partial charge < -0.3 is 10.1 Å². The lowest BCUT2D eigenvalue weighted by atomic mass is 10.3. The molecule has 17 heavy (non-hydrogen) atoms. The molecule has 0 aliphatic carbocycles. The molecule has 0 saturated carbocycles. The van der Waals surface area contributed by atoms with E-state index < -0.39 is 0 Å². The van der Waals surface area contributed by atoms with Crippen LogP contribution in [0.4, 0.5) is 10.5 Å². The number of halogens is 1. The van der Waals surface area contributed by atoms with Crippen molar-refractivity contribution in [3.63, 3.8) is 0 Å². The van der Waals surface area contributed by atoms with E-state index in [4.69, 9.17) is 4.74 Å². The molecule has 0 bridgehead atoms. The minimum Gasteiger partial charge on any atom is -0.497 e. The van der Waals surface area contributed by atoms with Crippen molar-refractivity contribution in [2.24, 2.45) is 0 Å². The molecule has 6 heteroatoms. The number of carbonyl (C=O) groups excluding carboxylic acids is 1. The Hall–Kier alpha value is -1.82. The van der Waals surface area contributed by atoms with Gasteiger partial charge in [0.05, 0.1) is 7.11 Å². The average molecular weight is 296 g/mol. The number of nitrogens with one attached hydrogen (secondary N) is 1. The molecule has 0 unspecified atom stereocenters. The van der Waals surface area contributed by atoms with Crippen LogP contribution in [0, 0.1) is 0 Å². The van der Waals surface area contributed by atoms with Gasteiger partial charge in [-0.1, -0.05) is 15.9 Å². The highest BCUT2D eigenvalue weighted by Crippen LogP contribution is 2.24. The smallest absolute Gasteiger partial charge is 0.331 e. The van der Waals surface area contributed by atoms with Gasteiger partial charge in [-0.05, 0) is 12.1 Å². The first-order valence-electron chi connectivity index (χ1n) is 4.83. The zero-order valence-corrected chi connectivity index (χ0v) is 10.6. The summed E-state index contributed by atoms with van der Waals surface area (Å²) < 4.78 is 7.29. The average Bonchev–Trinajstić information content (AvgIpc) is 2.81. The summed E-state index contributed by atoms with van der Waals surface area (Å²) in [7, 11) is 1.57. The number of ether oxygens (including phenoxy) is 1. The Morgan fingerprint density at radius 3 is 2.94 bits per heavy atom. The minimum absolute atomic E-state index is 0.275. The number of benzene rings is 1. The van der Waals surface area contributed by atoms with Crippen LogP contribution in [0.5, 0.6) is 5.75 Å². The van der Waals surface area contributed by atoms with Crippen molar-refractivity contribution in [3.05, 3.63) is 41.4 Å². The number of hydrogen-bond donors (Lipinski definition) is 1. The maximum atomic E-state index is 11.7. The normalized spacial score (nSPS) is 10.0. The van der Waals surface area contributed by atoms with Gasteiger partial charge in [-0.25, -0.2) is 9.78 Å². The standard InChI is InChI=1S/C11H10BrN3O2/c1-17-10-5-8(12)4-9(6-10)14-11(16)15-3-2-13-7-15/h2-7H,1H3,(H,14,16). The molecule has 0 radical (unpaired) electrons. The van der Waals surface area contributed by atoms with Gasteiger partial charge in [-0.2, -0.15) is 0 Å². The van der Waals surface area contributed by atoms with E-state index in [-0.39, 0.29) is 6.03 Å². The summed E-state index contributed by atoms with van der Waals surface area (Å²) in [6.07, 6.45) is 4.55. The number of imidazole rings is 1.